The van der Waals surface area contributed by atoms with E-state index in [1.54, 1.807) is 0 Å². The fourth-order valence-corrected chi connectivity index (χ4v) is 8.31. The normalized spacial score (nSPS) is 25.4. The molecule has 0 bridgehead atoms. The van der Waals surface area contributed by atoms with Gasteiger partial charge in [0.2, 0.25) is 5.91 Å². The summed E-state index contributed by atoms with van der Waals surface area (Å²) in [7, 11) is 0. The van der Waals surface area contributed by atoms with E-state index in [0.717, 1.165) is 71.3 Å². The van der Waals surface area contributed by atoms with Crippen LogP contribution in [-0.4, -0.2) is 53.7 Å². The van der Waals surface area contributed by atoms with Crippen molar-refractivity contribution in [2.24, 2.45) is 11.8 Å². The average molecular weight is 683 g/mol. The standard InChI is InChI=1S/C30H35Br2ClN2O4/c1-3-38-25-7-6-21(14-26(25)39-17(2)36)30(37)35-10-8-18(9-11-35)28-27-19(13-23(33)15-24(27)32)4-5-20-12-22(31)16-34-29(20)28/h12-13,15-16,18,21,25-26,28H,3-11,14H2,1-2H3/t21?,25?,26?,28-/m1/s1. The lowest BCUT2D eigenvalue weighted by Crippen LogP contribution is -2.47. The average Bonchev–Trinajstić information content (AvgIpc) is 3.06. The summed E-state index contributed by atoms with van der Waals surface area (Å²) < 4.78 is 13.4. The first kappa shape index (κ1) is 29.0. The maximum Gasteiger partial charge on any atom is 0.302 e. The van der Waals surface area contributed by atoms with Crippen molar-refractivity contribution < 1.29 is 19.1 Å². The number of hydrogen-bond donors (Lipinski definition) is 0. The zero-order chi connectivity index (χ0) is 27.7. The zero-order valence-corrected chi connectivity index (χ0v) is 26.4. The minimum Gasteiger partial charge on any atom is -0.460 e. The summed E-state index contributed by atoms with van der Waals surface area (Å²) in [6.07, 6.45) is 7.07. The molecular formula is C30H35Br2ClN2O4. The highest BCUT2D eigenvalue weighted by atomic mass is 79.9. The van der Waals surface area contributed by atoms with Gasteiger partial charge in [-0.25, -0.2) is 0 Å². The van der Waals surface area contributed by atoms with Crippen molar-refractivity contribution >= 4 is 55.3 Å². The Balaban J connectivity index is 1.33. The van der Waals surface area contributed by atoms with Gasteiger partial charge in [0.1, 0.15) is 6.10 Å². The molecule has 9 heteroatoms. The van der Waals surface area contributed by atoms with E-state index in [4.69, 9.17) is 26.1 Å². The van der Waals surface area contributed by atoms with Crippen molar-refractivity contribution in [3.05, 3.63) is 60.7 Å². The highest BCUT2D eigenvalue weighted by molar-refractivity contribution is 9.10. The third-order valence-electron chi connectivity index (χ3n) is 8.52. The maximum absolute atomic E-state index is 13.6. The summed E-state index contributed by atoms with van der Waals surface area (Å²) in [6.45, 7) is 5.36. The van der Waals surface area contributed by atoms with E-state index in [-0.39, 0.29) is 35.9 Å². The third kappa shape index (κ3) is 6.39. The van der Waals surface area contributed by atoms with Gasteiger partial charge in [0.25, 0.3) is 0 Å². The van der Waals surface area contributed by atoms with Gasteiger partial charge >= 0.3 is 5.97 Å². The molecule has 2 aliphatic carbocycles. The Hall–Kier alpha value is -1.48. The number of carbonyl (C=O) groups excluding carboxylic acids is 2. The molecule has 210 valence electrons. The molecule has 1 aromatic heterocycles. The number of benzene rings is 1. The second kappa shape index (κ2) is 12.6. The lowest BCUT2D eigenvalue weighted by molar-refractivity contribution is -0.164. The molecule has 0 spiro atoms. The fourth-order valence-electron chi connectivity index (χ4n) is 6.81. The van der Waals surface area contributed by atoms with E-state index >= 15 is 0 Å². The Morgan fingerprint density at radius 2 is 1.79 bits per heavy atom. The van der Waals surface area contributed by atoms with Gasteiger partial charge in [-0.15, -0.1) is 0 Å². The van der Waals surface area contributed by atoms with Crippen LogP contribution in [0.4, 0.5) is 0 Å². The van der Waals surface area contributed by atoms with Gasteiger partial charge in [0, 0.05) is 58.6 Å². The number of esters is 1. The molecule has 6 nitrogen and oxygen atoms in total. The van der Waals surface area contributed by atoms with Crippen LogP contribution in [0.2, 0.25) is 5.02 Å². The van der Waals surface area contributed by atoms with Gasteiger partial charge in [0.15, 0.2) is 0 Å². The molecule has 0 radical (unpaired) electrons. The van der Waals surface area contributed by atoms with Crippen molar-refractivity contribution in [1.82, 2.24) is 9.88 Å². The number of ether oxygens (including phenoxy) is 2. The van der Waals surface area contributed by atoms with Crippen LogP contribution in [-0.2, 0) is 31.9 Å². The molecule has 1 amide bonds. The minimum atomic E-state index is -0.365. The second-order valence-corrected chi connectivity index (χ2v) is 13.2. The summed E-state index contributed by atoms with van der Waals surface area (Å²) in [5, 5.41) is 0.742. The monoisotopic (exact) mass is 680 g/mol. The number of hydrogen-bond acceptors (Lipinski definition) is 5. The van der Waals surface area contributed by atoms with Crippen LogP contribution in [0, 0.1) is 11.8 Å². The van der Waals surface area contributed by atoms with E-state index in [1.807, 2.05) is 24.1 Å². The molecule has 0 N–H and O–H groups in total. The predicted molar refractivity (Wildman–Crippen MR) is 158 cm³/mol. The van der Waals surface area contributed by atoms with Gasteiger partial charge in [-0.05, 0) is 109 Å². The van der Waals surface area contributed by atoms with E-state index in [9.17, 15) is 9.59 Å². The first-order chi connectivity index (χ1) is 18.7. The number of nitrogens with zero attached hydrogens (tertiary/aromatic N) is 2. The first-order valence-corrected chi connectivity index (χ1v) is 15.9. The molecule has 3 unspecified atom stereocenters. The number of amides is 1. The predicted octanol–water partition coefficient (Wildman–Crippen LogP) is 6.87. The lowest BCUT2D eigenvalue weighted by atomic mass is 9.76. The Morgan fingerprint density at radius 1 is 1.05 bits per heavy atom. The van der Waals surface area contributed by atoms with Gasteiger partial charge in [0.05, 0.1) is 11.8 Å². The van der Waals surface area contributed by atoms with Crippen molar-refractivity contribution in [3.8, 4) is 0 Å². The maximum atomic E-state index is 13.6. The number of halogens is 3. The Bertz CT molecular complexity index is 1230. The molecule has 4 atom stereocenters. The molecule has 3 aliphatic rings. The molecule has 1 saturated heterocycles. The number of pyridine rings is 1. The number of rotatable bonds is 5. The van der Waals surface area contributed by atoms with Crippen molar-refractivity contribution in [2.45, 2.75) is 76.9 Å². The summed E-state index contributed by atoms with van der Waals surface area (Å²) in [6, 6.07) is 6.30. The number of fused-ring (bicyclic) bond motifs is 2. The van der Waals surface area contributed by atoms with Crippen LogP contribution < -0.4 is 0 Å². The molecule has 5 rings (SSSR count). The zero-order valence-electron chi connectivity index (χ0n) is 22.4. The number of aryl methyl sites for hydroxylation is 2. The highest BCUT2D eigenvalue weighted by Crippen LogP contribution is 2.46. The molecule has 1 aromatic carbocycles. The summed E-state index contributed by atoms with van der Waals surface area (Å²) >= 11 is 13.9. The van der Waals surface area contributed by atoms with Gasteiger partial charge in [-0.3, -0.25) is 14.6 Å². The second-order valence-electron chi connectivity index (χ2n) is 11.0. The van der Waals surface area contributed by atoms with Crippen LogP contribution >= 0.6 is 43.5 Å². The van der Waals surface area contributed by atoms with Gasteiger partial charge in [-0.2, -0.15) is 0 Å². The molecule has 39 heavy (non-hydrogen) atoms. The van der Waals surface area contributed by atoms with Crippen molar-refractivity contribution in [2.75, 3.05) is 19.7 Å². The van der Waals surface area contributed by atoms with Crippen molar-refractivity contribution in [1.29, 1.82) is 0 Å². The molecule has 1 aliphatic heterocycles. The van der Waals surface area contributed by atoms with E-state index in [2.05, 4.69) is 44.0 Å². The van der Waals surface area contributed by atoms with Gasteiger partial charge < -0.3 is 14.4 Å². The Labute approximate surface area is 252 Å². The first-order valence-electron chi connectivity index (χ1n) is 13.9. The van der Waals surface area contributed by atoms with Crippen LogP contribution in [0.3, 0.4) is 0 Å². The van der Waals surface area contributed by atoms with Crippen molar-refractivity contribution in [3.63, 3.8) is 0 Å². The van der Waals surface area contributed by atoms with E-state index in [1.165, 1.54) is 23.6 Å². The quantitative estimate of drug-likeness (QED) is 0.323. The number of likely N-dealkylation sites (tertiary alicyclic amines) is 1. The summed E-state index contributed by atoms with van der Waals surface area (Å²) in [5.74, 6) is 0.216. The number of carbonyl (C=O) groups is 2. The topological polar surface area (TPSA) is 68.7 Å². The smallest absolute Gasteiger partial charge is 0.302 e. The highest BCUT2D eigenvalue weighted by Gasteiger charge is 2.40. The summed E-state index contributed by atoms with van der Waals surface area (Å²) in [5.41, 5.74) is 4.98. The Kier molecular flexibility index (Phi) is 9.36. The van der Waals surface area contributed by atoms with Crippen LogP contribution in [0.1, 0.15) is 74.3 Å². The van der Waals surface area contributed by atoms with Crippen LogP contribution in [0.15, 0.2) is 33.3 Å². The van der Waals surface area contributed by atoms with Crippen LogP contribution in [0.5, 0.6) is 0 Å². The number of piperidine rings is 1. The van der Waals surface area contributed by atoms with E-state index in [0.29, 0.717) is 18.9 Å². The molecule has 2 heterocycles. The van der Waals surface area contributed by atoms with E-state index < -0.39 is 0 Å². The Morgan fingerprint density at radius 3 is 2.51 bits per heavy atom. The number of aromatic nitrogens is 1. The lowest BCUT2D eigenvalue weighted by Gasteiger charge is -2.40. The SMILES string of the molecule is CCOC1CCC(C(=O)N2CCC([C@H]3c4ncc(Br)cc4CCc4cc(Cl)cc(Br)c43)CC2)CC1OC(C)=O. The molecular weight excluding hydrogens is 648 g/mol. The van der Waals surface area contributed by atoms with Crippen LogP contribution in [0.25, 0.3) is 0 Å². The molecule has 1 saturated carbocycles. The molecule has 2 fully saturated rings. The van der Waals surface area contributed by atoms with Gasteiger partial charge in [-0.1, -0.05) is 27.5 Å². The largest absolute Gasteiger partial charge is 0.460 e. The fraction of sp³-hybridized carbons (Fsp3) is 0.567. The minimum absolute atomic E-state index is 0.136. The summed E-state index contributed by atoms with van der Waals surface area (Å²) in [4.78, 5) is 32.3. The molecule has 2 aromatic rings. The third-order valence-corrected chi connectivity index (χ3v) is 9.83.